The van der Waals surface area contributed by atoms with Gasteiger partial charge in [-0.2, -0.15) is 4.52 Å². The largest absolute Gasteiger partial charge is 0.253 e. The van der Waals surface area contributed by atoms with Crippen molar-refractivity contribution in [2.75, 3.05) is 0 Å². The average Bonchev–Trinajstić information content (AvgIpc) is 3.04. The fourth-order valence-corrected chi connectivity index (χ4v) is 2.17. The minimum Gasteiger partial charge on any atom is -0.253 e. The van der Waals surface area contributed by atoms with Crippen molar-refractivity contribution in [2.24, 2.45) is 0 Å². The molecule has 0 bridgehead atoms. The van der Waals surface area contributed by atoms with Crippen LogP contribution in [0, 0.1) is 0 Å². The maximum Gasteiger partial charge on any atom is 0.184 e. The highest BCUT2D eigenvalue weighted by Gasteiger charge is 2.12. The number of rotatable bonds is 2. The SMILES string of the molecule is c1ccc(-c2cc3nnnn3c(-c3ccccn3)n2)cc1. The number of aromatic nitrogens is 6. The molecule has 0 atom stereocenters. The number of hydrogen-bond acceptors (Lipinski definition) is 5. The second-order valence-corrected chi connectivity index (χ2v) is 4.49. The summed E-state index contributed by atoms with van der Waals surface area (Å²) in [5, 5.41) is 11.7. The van der Waals surface area contributed by atoms with Crippen molar-refractivity contribution in [3.05, 3.63) is 60.8 Å². The van der Waals surface area contributed by atoms with Crippen LogP contribution in [0.1, 0.15) is 0 Å². The van der Waals surface area contributed by atoms with Gasteiger partial charge < -0.3 is 0 Å². The van der Waals surface area contributed by atoms with Gasteiger partial charge in [0.15, 0.2) is 11.5 Å². The first-order valence-corrected chi connectivity index (χ1v) is 6.48. The van der Waals surface area contributed by atoms with Crippen LogP contribution in [-0.4, -0.2) is 30.0 Å². The van der Waals surface area contributed by atoms with E-state index in [0.29, 0.717) is 11.5 Å². The third-order valence-corrected chi connectivity index (χ3v) is 3.15. The van der Waals surface area contributed by atoms with Gasteiger partial charge in [-0.3, -0.25) is 4.98 Å². The minimum absolute atomic E-state index is 0.622. The molecule has 3 aromatic heterocycles. The summed E-state index contributed by atoms with van der Waals surface area (Å²) in [6, 6.07) is 17.5. The minimum atomic E-state index is 0.622. The molecule has 100 valence electrons. The Labute approximate surface area is 120 Å². The zero-order valence-corrected chi connectivity index (χ0v) is 11.0. The highest BCUT2D eigenvalue weighted by Crippen LogP contribution is 2.22. The molecule has 0 aliphatic heterocycles. The van der Waals surface area contributed by atoms with Gasteiger partial charge in [0, 0.05) is 17.8 Å². The molecule has 0 aliphatic rings. The molecule has 0 fully saturated rings. The predicted molar refractivity (Wildman–Crippen MR) is 77.2 cm³/mol. The quantitative estimate of drug-likeness (QED) is 0.560. The molecule has 4 rings (SSSR count). The van der Waals surface area contributed by atoms with Crippen molar-refractivity contribution in [2.45, 2.75) is 0 Å². The molecule has 6 nitrogen and oxygen atoms in total. The van der Waals surface area contributed by atoms with Crippen LogP contribution in [0.25, 0.3) is 28.4 Å². The van der Waals surface area contributed by atoms with E-state index in [9.17, 15) is 0 Å². The zero-order valence-electron chi connectivity index (χ0n) is 11.0. The lowest BCUT2D eigenvalue weighted by Gasteiger charge is -2.06. The highest BCUT2D eigenvalue weighted by atomic mass is 15.5. The third kappa shape index (κ3) is 2.02. The van der Waals surface area contributed by atoms with E-state index >= 15 is 0 Å². The normalized spacial score (nSPS) is 10.9. The van der Waals surface area contributed by atoms with E-state index < -0.39 is 0 Å². The molecule has 4 aromatic rings. The molecule has 6 heteroatoms. The molecule has 0 saturated carbocycles. The summed E-state index contributed by atoms with van der Waals surface area (Å²) in [5.74, 6) is 0.622. The summed E-state index contributed by atoms with van der Waals surface area (Å²) in [7, 11) is 0. The van der Waals surface area contributed by atoms with Crippen LogP contribution >= 0.6 is 0 Å². The van der Waals surface area contributed by atoms with Crippen molar-refractivity contribution in [1.29, 1.82) is 0 Å². The number of pyridine rings is 1. The van der Waals surface area contributed by atoms with Gasteiger partial charge in [-0.05, 0) is 22.6 Å². The predicted octanol–water partition coefficient (Wildman–Crippen LogP) is 2.25. The average molecular weight is 274 g/mol. The van der Waals surface area contributed by atoms with Crippen LogP contribution in [0.3, 0.4) is 0 Å². The smallest absolute Gasteiger partial charge is 0.184 e. The molecule has 0 N–H and O–H groups in total. The number of hydrogen-bond donors (Lipinski definition) is 0. The van der Waals surface area contributed by atoms with Gasteiger partial charge in [0.05, 0.1) is 5.69 Å². The summed E-state index contributed by atoms with van der Waals surface area (Å²) in [4.78, 5) is 9.01. The van der Waals surface area contributed by atoms with Crippen LogP contribution < -0.4 is 0 Å². The topological polar surface area (TPSA) is 68.9 Å². The molecular weight excluding hydrogens is 264 g/mol. The van der Waals surface area contributed by atoms with Crippen molar-refractivity contribution < 1.29 is 0 Å². The molecule has 0 radical (unpaired) electrons. The van der Waals surface area contributed by atoms with E-state index in [1.807, 2.05) is 54.6 Å². The number of nitrogens with zero attached hydrogens (tertiary/aromatic N) is 6. The lowest BCUT2D eigenvalue weighted by Crippen LogP contribution is -2.01. The Morgan fingerprint density at radius 1 is 0.857 bits per heavy atom. The van der Waals surface area contributed by atoms with Gasteiger partial charge in [0.25, 0.3) is 0 Å². The van der Waals surface area contributed by atoms with Crippen molar-refractivity contribution in [1.82, 2.24) is 30.0 Å². The fourth-order valence-electron chi connectivity index (χ4n) is 2.17. The van der Waals surface area contributed by atoms with E-state index in [1.165, 1.54) is 0 Å². The lowest BCUT2D eigenvalue weighted by atomic mass is 10.1. The van der Waals surface area contributed by atoms with Crippen molar-refractivity contribution in [3.8, 4) is 22.8 Å². The number of tetrazole rings is 1. The molecule has 0 aliphatic carbocycles. The Hall–Kier alpha value is -3.15. The van der Waals surface area contributed by atoms with Crippen LogP contribution in [0.5, 0.6) is 0 Å². The maximum absolute atomic E-state index is 4.67. The fraction of sp³-hybridized carbons (Fsp3) is 0. The van der Waals surface area contributed by atoms with Crippen molar-refractivity contribution in [3.63, 3.8) is 0 Å². The lowest BCUT2D eigenvalue weighted by molar-refractivity contribution is 0.814. The summed E-state index contributed by atoms with van der Waals surface area (Å²) in [5.41, 5.74) is 3.20. The van der Waals surface area contributed by atoms with Gasteiger partial charge in [0.2, 0.25) is 0 Å². The standard InChI is InChI=1S/C15H10N6/c1-2-6-11(7-3-1)13-10-14-18-19-20-21(14)15(17-13)12-8-4-5-9-16-12/h1-10H. The highest BCUT2D eigenvalue weighted by molar-refractivity contribution is 5.67. The van der Waals surface area contributed by atoms with Crippen molar-refractivity contribution >= 4 is 5.65 Å². The second-order valence-electron chi connectivity index (χ2n) is 4.49. The first kappa shape index (κ1) is 11.7. The molecule has 0 spiro atoms. The van der Waals surface area contributed by atoms with Gasteiger partial charge >= 0.3 is 0 Å². The Balaban J connectivity index is 2.00. The maximum atomic E-state index is 4.67. The molecular formula is C15H10N6. The van der Waals surface area contributed by atoms with Gasteiger partial charge in [-0.15, -0.1) is 5.10 Å². The van der Waals surface area contributed by atoms with Gasteiger partial charge in [0.1, 0.15) is 5.69 Å². The van der Waals surface area contributed by atoms with E-state index in [1.54, 1.807) is 10.7 Å². The summed E-state index contributed by atoms with van der Waals surface area (Å²) in [6.45, 7) is 0. The number of fused-ring (bicyclic) bond motifs is 1. The molecule has 3 heterocycles. The van der Waals surface area contributed by atoms with Gasteiger partial charge in [-0.1, -0.05) is 36.4 Å². The van der Waals surface area contributed by atoms with E-state index in [4.69, 9.17) is 0 Å². The molecule has 0 saturated heterocycles. The van der Waals surface area contributed by atoms with Gasteiger partial charge in [-0.25, -0.2) is 4.98 Å². The van der Waals surface area contributed by atoms with Crippen LogP contribution in [-0.2, 0) is 0 Å². The Morgan fingerprint density at radius 2 is 1.71 bits per heavy atom. The summed E-state index contributed by atoms with van der Waals surface area (Å²) >= 11 is 0. The Bertz CT molecular complexity index is 886. The summed E-state index contributed by atoms with van der Waals surface area (Å²) in [6.07, 6.45) is 1.72. The van der Waals surface area contributed by atoms with Crippen LogP contribution in [0.2, 0.25) is 0 Å². The number of benzene rings is 1. The first-order valence-electron chi connectivity index (χ1n) is 6.48. The molecule has 0 amide bonds. The van der Waals surface area contributed by atoms with E-state index in [-0.39, 0.29) is 0 Å². The first-order chi connectivity index (χ1) is 10.4. The molecule has 21 heavy (non-hydrogen) atoms. The Morgan fingerprint density at radius 3 is 2.52 bits per heavy atom. The van der Waals surface area contributed by atoms with Crippen LogP contribution in [0.4, 0.5) is 0 Å². The Kier molecular flexibility index (Phi) is 2.64. The molecule has 1 aromatic carbocycles. The zero-order chi connectivity index (χ0) is 14.1. The summed E-state index contributed by atoms with van der Waals surface area (Å²) < 4.78 is 1.59. The van der Waals surface area contributed by atoms with E-state index in [0.717, 1.165) is 17.0 Å². The second kappa shape index (κ2) is 4.75. The van der Waals surface area contributed by atoms with Crippen LogP contribution in [0.15, 0.2) is 60.8 Å². The van der Waals surface area contributed by atoms with E-state index in [2.05, 4.69) is 25.5 Å². The monoisotopic (exact) mass is 274 g/mol. The third-order valence-electron chi connectivity index (χ3n) is 3.15. The molecule has 0 unspecified atom stereocenters.